The van der Waals surface area contributed by atoms with E-state index in [9.17, 15) is 20.0 Å². The lowest BCUT2D eigenvalue weighted by atomic mass is 10.1. The SMILES string of the molecule is C=CCN1C(=O)C(=NN=Cc2cc([N+](=O)[O-])ccc2O)c2ccccc21. The maximum atomic E-state index is 12.5. The zero-order valence-electron chi connectivity index (χ0n) is 13.6. The van der Waals surface area contributed by atoms with E-state index in [4.69, 9.17) is 0 Å². The molecule has 0 saturated heterocycles. The Bertz CT molecular complexity index is 965. The number of benzene rings is 2. The minimum absolute atomic E-state index is 0.130. The minimum Gasteiger partial charge on any atom is -0.507 e. The van der Waals surface area contributed by atoms with Crippen LogP contribution in [0.25, 0.3) is 0 Å². The summed E-state index contributed by atoms with van der Waals surface area (Å²) in [6, 6.07) is 10.7. The molecule has 1 aliphatic rings. The summed E-state index contributed by atoms with van der Waals surface area (Å²) in [6.07, 6.45) is 2.78. The van der Waals surface area contributed by atoms with Gasteiger partial charge in [0.25, 0.3) is 11.6 Å². The number of aromatic hydroxyl groups is 1. The van der Waals surface area contributed by atoms with Crippen molar-refractivity contribution < 1.29 is 14.8 Å². The van der Waals surface area contributed by atoms with Gasteiger partial charge in [-0.15, -0.1) is 11.7 Å². The summed E-state index contributed by atoms with van der Waals surface area (Å²) in [5.41, 5.74) is 1.45. The van der Waals surface area contributed by atoms with Crippen LogP contribution < -0.4 is 4.90 Å². The molecule has 8 nitrogen and oxygen atoms in total. The summed E-state index contributed by atoms with van der Waals surface area (Å²) in [6.45, 7) is 3.98. The largest absolute Gasteiger partial charge is 0.507 e. The second-order valence-electron chi connectivity index (χ2n) is 5.41. The molecular formula is C18H14N4O4. The highest BCUT2D eigenvalue weighted by molar-refractivity contribution is 6.54. The van der Waals surface area contributed by atoms with E-state index >= 15 is 0 Å². The van der Waals surface area contributed by atoms with Crippen LogP contribution >= 0.6 is 0 Å². The Morgan fingerprint density at radius 2 is 2.04 bits per heavy atom. The van der Waals surface area contributed by atoms with Crippen molar-refractivity contribution in [2.45, 2.75) is 0 Å². The van der Waals surface area contributed by atoms with Crippen LogP contribution in [0, 0.1) is 10.1 Å². The van der Waals surface area contributed by atoms with E-state index in [1.165, 1.54) is 29.3 Å². The smallest absolute Gasteiger partial charge is 0.279 e. The standard InChI is InChI=1S/C18H14N4O4/c1-2-9-21-15-6-4-3-5-14(15)17(18(21)24)20-19-11-12-10-13(22(25)26)7-8-16(12)23/h2-8,10-11,23H,1,9H2. The Morgan fingerprint density at radius 1 is 1.27 bits per heavy atom. The van der Waals surface area contributed by atoms with E-state index in [1.54, 1.807) is 24.3 Å². The number of para-hydroxylation sites is 1. The van der Waals surface area contributed by atoms with Crippen LogP contribution in [-0.4, -0.2) is 34.4 Å². The molecule has 2 aromatic rings. The van der Waals surface area contributed by atoms with Crippen molar-refractivity contribution in [3.8, 4) is 5.75 Å². The number of phenols is 1. The van der Waals surface area contributed by atoms with Crippen molar-refractivity contribution in [1.82, 2.24) is 0 Å². The van der Waals surface area contributed by atoms with Crippen LogP contribution in [0.4, 0.5) is 11.4 Å². The van der Waals surface area contributed by atoms with Gasteiger partial charge in [0.15, 0.2) is 5.71 Å². The van der Waals surface area contributed by atoms with Crippen LogP contribution in [0.15, 0.2) is 65.3 Å². The summed E-state index contributed by atoms with van der Waals surface area (Å²) < 4.78 is 0. The topological polar surface area (TPSA) is 108 Å². The van der Waals surface area contributed by atoms with Crippen LogP contribution in [-0.2, 0) is 4.79 Å². The monoisotopic (exact) mass is 350 g/mol. The number of carbonyl (C=O) groups excluding carboxylic acids is 1. The molecule has 2 aromatic carbocycles. The van der Waals surface area contributed by atoms with Gasteiger partial charge in [0.05, 0.1) is 16.8 Å². The predicted molar refractivity (Wildman–Crippen MR) is 97.9 cm³/mol. The van der Waals surface area contributed by atoms with Gasteiger partial charge in [-0.1, -0.05) is 24.3 Å². The maximum Gasteiger partial charge on any atom is 0.279 e. The number of nitro benzene ring substituents is 1. The van der Waals surface area contributed by atoms with Crippen LogP contribution in [0.2, 0.25) is 0 Å². The highest BCUT2D eigenvalue weighted by Crippen LogP contribution is 2.29. The van der Waals surface area contributed by atoms with Gasteiger partial charge >= 0.3 is 0 Å². The van der Waals surface area contributed by atoms with E-state index in [-0.39, 0.29) is 28.6 Å². The Hall–Kier alpha value is -3.81. The molecule has 0 atom stereocenters. The van der Waals surface area contributed by atoms with Gasteiger partial charge in [-0.3, -0.25) is 14.9 Å². The normalized spacial score (nSPS) is 14.8. The molecule has 26 heavy (non-hydrogen) atoms. The average Bonchev–Trinajstić information content (AvgIpc) is 2.89. The van der Waals surface area contributed by atoms with E-state index in [1.807, 2.05) is 6.07 Å². The third kappa shape index (κ3) is 3.07. The molecule has 1 amide bonds. The molecule has 0 spiro atoms. The van der Waals surface area contributed by atoms with Gasteiger partial charge in [-0.25, -0.2) is 0 Å². The maximum absolute atomic E-state index is 12.5. The summed E-state index contributed by atoms with van der Waals surface area (Å²) >= 11 is 0. The van der Waals surface area contributed by atoms with Crippen LogP contribution in [0.1, 0.15) is 11.1 Å². The molecule has 130 valence electrons. The number of rotatable bonds is 5. The molecule has 1 heterocycles. The van der Waals surface area contributed by atoms with Crippen molar-refractivity contribution in [2.75, 3.05) is 11.4 Å². The van der Waals surface area contributed by atoms with E-state index in [0.717, 1.165) is 0 Å². The van der Waals surface area contributed by atoms with Gasteiger partial charge in [0, 0.05) is 29.8 Å². The number of phenolic OH excluding ortho intramolecular Hbond substituents is 1. The molecule has 0 aliphatic carbocycles. The third-order valence-electron chi connectivity index (χ3n) is 3.79. The van der Waals surface area contributed by atoms with E-state index in [2.05, 4.69) is 16.8 Å². The van der Waals surface area contributed by atoms with Crippen molar-refractivity contribution in [2.24, 2.45) is 10.2 Å². The van der Waals surface area contributed by atoms with Gasteiger partial charge in [0.2, 0.25) is 0 Å². The molecule has 0 bridgehead atoms. The Morgan fingerprint density at radius 3 is 2.77 bits per heavy atom. The van der Waals surface area contributed by atoms with Crippen molar-refractivity contribution in [3.05, 3.63) is 76.4 Å². The minimum atomic E-state index is -0.577. The number of fused-ring (bicyclic) bond motifs is 1. The molecule has 0 saturated carbocycles. The highest BCUT2D eigenvalue weighted by atomic mass is 16.6. The summed E-state index contributed by atoms with van der Waals surface area (Å²) in [7, 11) is 0. The number of carbonyl (C=O) groups is 1. The van der Waals surface area contributed by atoms with Crippen LogP contribution in [0.5, 0.6) is 5.75 Å². The molecule has 1 aliphatic heterocycles. The Labute approximate surface area is 148 Å². The molecule has 8 heteroatoms. The summed E-state index contributed by atoms with van der Waals surface area (Å²) in [5, 5.41) is 28.4. The Kier molecular flexibility index (Phi) is 4.57. The zero-order valence-corrected chi connectivity index (χ0v) is 13.6. The van der Waals surface area contributed by atoms with Crippen LogP contribution in [0.3, 0.4) is 0 Å². The first kappa shape index (κ1) is 17.0. The molecule has 0 fully saturated rings. The van der Waals surface area contributed by atoms with Gasteiger partial charge < -0.3 is 10.0 Å². The third-order valence-corrected chi connectivity index (χ3v) is 3.79. The second kappa shape index (κ2) is 6.98. The first-order valence-corrected chi connectivity index (χ1v) is 7.63. The van der Waals surface area contributed by atoms with Crippen molar-refractivity contribution in [1.29, 1.82) is 0 Å². The van der Waals surface area contributed by atoms with Gasteiger partial charge in [0.1, 0.15) is 5.75 Å². The quantitative estimate of drug-likeness (QED) is 0.387. The fraction of sp³-hybridized carbons (Fsp3) is 0.0556. The number of amides is 1. The fourth-order valence-corrected chi connectivity index (χ4v) is 2.58. The predicted octanol–water partition coefficient (Wildman–Crippen LogP) is 2.66. The van der Waals surface area contributed by atoms with E-state index < -0.39 is 4.92 Å². The lowest BCUT2D eigenvalue weighted by molar-refractivity contribution is -0.384. The lowest BCUT2D eigenvalue weighted by Crippen LogP contribution is -2.30. The van der Waals surface area contributed by atoms with Gasteiger partial charge in [-0.05, 0) is 12.1 Å². The number of hydrogen-bond donors (Lipinski definition) is 1. The van der Waals surface area contributed by atoms with Gasteiger partial charge in [-0.2, -0.15) is 5.10 Å². The Balaban J connectivity index is 1.95. The molecule has 3 rings (SSSR count). The number of hydrogen-bond acceptors (Lipinski definition) is 6. The van der Waals surface area contributed by atoms with Crippen molar-refractivity contribution in [3.63, 3.8) is 0 Å². The van der Waals surface area contributed by atoms with E-state index in [0.29, 0.717) is 17.8 Å². The first-order chi connectivity index (χ1) is 12.5. The van der Waals surface area contributed by atoms with Crippen molar-refractivity contribution >= 4 is 29.2 Å². The number of nitrogens with zero attached hydrogens (tertiary/aromatic N) is 4. The average molecular weight is 350 g/mol. The molecule has 1 N–H and O–H groups in total. The lowest BCUT2D eigenvalue weighted by Gasteiger charge is -2.13. The zero-order chi connectivity index (χ0) is 18.7. The summed E-state index contributed by atoms with van der Waals surface area (Å²) in [4.78, 5) is 24.3. The molecule has 0 aromatic heterocycles. The second-order valence-corrected chi connectivity index (χ2v) is 5.41. The number of nitro groups is 1. The molecule has 0 unspecified atom stereocenters. The number of non-ortho nitro benzene ring substituents is 1. The highest BCUT2D eigenvalue weighted by Gasteiger charge is 2.32. The molecule has 0 radical (unpaired) electrons. The molecular weight excluding hydrogens is 336 g/mol. The first-order valence-electron chi connectivity index (χ1n) is 7.63. The fourth-order valence-electron chi connectivity index (χ4n) is 2.58. The summed E-state index contributed by atoms with van der Waals surface area (Å²) in [5.74, 6) is -0.488. The number of anilines is 1.